The van der Waals surface area contributed by atoms with E-state index in [9.17, 15) is 19.2 Å². The molecule has 0 bridgehead atoms. The number of anilines is 2. The molecule has 1 atom stereocenters. The monoisotopic (exact) mass is 724 g/mol. The van der Waals surface area contributed by atoms with E-state index >= 15 is 0 Å². The van der Waals surface area contributed by atoms with E-state index in [4.69, 9.17) is 9.26 Å². The number of rotatable bonds is 8. The number of hydrogen-bond acceptors (Lipinski definition) is 12. The molecule has 1 N–H and O–H groups in total. The van der Waals surface area contributed by atoms with E-state index in [1.54, 1.807) is 25.3 Å². The summed E-state index contributed by atoms with van der Waals surface area (Å²) in [6.45, 7) is 8.67. The number of fused-ring (bicyclic) bond motifs is 1. The number of aryl methyl sites for hydroxylation is 1. The number of nitrogens with zero attached hydrogens (tertiary/aromatic N) is 7. The zero-order valence-electron chi connectivity index (χ0n) is 29.9. The van der Waals surface area contributed by atoms with Gasteiger partial charge in [0.25, 0.3) is 11.8 Å². The maximum absolute atomic E-state index is 13.4. The fourth-order valence-corrected chi connectivity index (χ4v) is 7.95. The van der Waals surface area contributed by atoms with Gasteiger partial charge in [0.1, 0.15) is 17.5 Å². The molecule has 1 spiro atoms. The van der Waals surface area contributed by atoms with Crippen LogP contribution in [0.1, 0.15) is 70.8 Å². The Labute approximate surface area is 310 Å². The minimum atomic E-state index is -0.979. The lowest BCUT2D eigenvalue weighted by atomic mass is 9.75. The molecule has 9 rings (SSSR count). The normalized spacial score (nSPS) is 19.1. The van der Waals surface area contributed by atoms with Crippen LogP contribution in [-0.2, 0) is 15.0 Å². The van der Waals surface area contributed by atoms with Crippen molar-refractivity contribution in [2.75, 3.05) is 29.4 Å². The van der Waals surface area contributed by atoms with Gasteiger partial charge in [0.05, 0.1) is 29.1 Å². The van der Waals surface area contributed by atoms with Gasteiger partial charge >= 0.3 is 0 Å². The van der Waals surface area contributed by atoms with Crippen LogP contribution in [0.15, 0.2) is 83.6 Å². The van der Waals surface area contributed by atoms with Crippen LogP contribution in [0.5, 0.6) is 11.6 Å². The predicted molar refractivity (Wildman–Crippen MR) is 195 cm³/mol. The molecule has 14 nitrogen and oxygen atoms in total. The summed E-state index contributed by atoms with van der Waals surface area (Å²) < 4.78 is 11.0. The number of piperidine rings is 1. The number of carbonyl (C=O) groups excluding carboxylic acids is 4. The van der Waals surface area contributed by atoms with Crippen molar-refractivity contribution in [1.29, 1.82) is 0 Å². The topological polar surface area (TPSA) is 164 Å². The van der Waals surface area contributed by atoms with Gasteiger partial charge in [-0.05, 0) is 66.4 Å². The smallest absolute Gasteiger partial charge is 0.262 e. The van der Waals surface area contributed by atoms with Crippen LogP contribution < -0.4 is 19.9 Å². The molecule has 272 valence electrons. The van der Waals surface area contributed by atoms with Crippen molar-refractivity contribution in [1.82, 2.24) is 30.3 Å². The lowest BCUT2D eigenvalue weighted by Crippen LogP contribution is -2.77. The minimum Gasteiger partial charge on any atom is -0.438 e. The molecule has 0 saturated carbocycles. The predicted octanol–water partition coefficient (Wildman–Crippen LogP) is 4.82. The standard InChI is InChI=1S/C40H36N8O6/c1-23-43-35(45-54-23)31-19-42-34(20-41-31)53-28-11-6-25(7-12-28)39(2,3)24-4-8-26(9-5-24)47-17-16-40(47)21-46(22-40)27-10-13-29-30(18-27)38(52)48(37(29)51)32-14-15-33(49)44-36(32)50/h4-13,18-20,32H,14-17,21-22H2,1-3H3,(H,44,49,50). The van der Waals surface area contributed by atoms with Crippen molar-refractivity contribution in [3.63, 3.8) is 0 Å². The molecular formula is C40H36N8O6. The van der Waals surface area contributed by atoms with E-state index in [0.29, 0.717) is 34.6 Å². The first kappa shape index (κ1) is 33.4. The van der Waals surface area contributed by atoms with Crippen molar-refractivity contribution in [2.24, 2.45) is 0 Å². The summed E-state index contributed by atoms with van der Waals surface area (Å²) in [6.07, 6.45) is 4.36. The van der Waals surface area contributed by atoms with E-state index in [1.165, 1.54) is 17.4 Å². The molecule has 5 aromatic rings. The molecule has 54 heavy (non-hydrogen) atoms. The first-order valence-electron chi connectivity index (χ1n) is 17.9. The Morgan fingerprint density at radius 2 is 1.57 bits per heavy atom. The first-order chi connectivity index (χ1) is 26.0. The Kier molecular flexibility index (Phi) is 7.62. The summed E-state index contributed by atoms with van der Waals surface area (Å²) in [5, 5.41) is 6.11. The van der Waals surface area contributed by atoms with Crippen LogP contribution in [0.4, 0.5) is 11.4 Å². The average molecular weight is 725 g/mol. The average Bonchev–Trinajstić information content (AvgIpc) is 3.68. The highest BCUT2D eigenvalue weighted by Gasteiger charge is 2.54. The van der Waals surface area contributed by atoms with Crippen molar-refractivity contribution in [2.45, 2.75) is 57.0 Å². The molecule has 3 saturated heterocycles. The van der Waals surface area contributed by atoms with Crippen LogP contribution in [-0.4, -0.2) is 79.9 Å². The van der Waals surface area contributed by atoms with Crippen molar-refractivity contribution in [3.05, 3.63) is 107 Å². The van der Waals surface area contributed by atoms with E-state index in [-0.39, 0.29) is 29.4 Å². The molecule has 2 aromatic heterocycles. The van der Waals surface area contributed by atoms with Gasteiger partial charge in [-0.15, -0.1) is 0 Å². The molecule has 3 aromatic carbocycles. The summed E-state index contributed by atoms with van der Waals surface area (Å²) in [5.74, 6) is -0.157. The lowest BCUT2D eigenvalue weighted by molar-refractivity contribution is -0.136. The zero-order valence-corrected chi connectivity index (χ0v) is 29.9. The Morgan fingerprint density at radius 3 is 2.20 bits per heavy atom. The molecular weight excluding hydrogens is 688 g/mol. The number of ether oxygens (including phenoxy) is 1. The number of benzene rings is 3. The second-order valence-electron chi connectivity index (χ2n) is 14.8. The van der Waals surface area contributed by atoms with Gasteiger partial charge in [0.2, 0.25) is 29.4 Å². The maximum atomic E-state index is 13.4. The first-order valence-corrected chi connectivity index (χ1v) is 17.9. The number of imide groups is 2. The number of aromatic nitrogens is 4. The number of amides is 4. The van der Waals surface area contributed by atoms with Gasteiger partial charge in [-0.25, -0.2) is 9.97 Å². The third kappa shape index (κ3) is 5.47. The summed E-state index contributed by atoms with van der Waals surface area (Å²) in [7, 11) is 0. The van der Waals surface area contributed by atoms with Crippen LogP contribution >= 0.6 is 0 Å². The van der Waals surface area contributed by atoms with E-state index in [0.717, 1.165) is 42.2 Å². The Hall–Kier alpha value is -6.44. The number of nitrogens with one attached hydrogen (secondary N) is 1. The molecule has 3 fully saturated rings. The fourth-order valence-electron chi connectivity index (χ4n) is 7.95. The summed E-state index contributed by atoms with van der Waals surface area (Å²) in [5.41, 5.74) is 5.18. The van der Waals surface area contributed by atoms with Crippen LogP contribution in [0.3, 0.4) is 0 Å². The number of hydrogen-bond donors (Lipinski definition) is 1. The second kappa shape index (κ2) is 12.3. The molecule has 6 heterocycles. The fraction of sp³-hybridized carbons (Fsp3) is 0.300. The van der Waals surface area contributed by atoms with Gasteiger partial charge in [-0.2, -0.15) is 4.98 Å². The molecule has 0 aliphatic carbocycles. The summed E-state index contributed by atoms with van der Waals surface area (Å²) in [4.78, 5) is 69.1. The van der Waals surface area contributed by atoms with Gasteiger partial charge in [0, 0.05) is 49.8 Å². The Bertz CT molecular complexity index is 2330. The van der Waals surface area contributed by atoms with Crippen molar-refractivity contribution < 1.29 is 28.4 Å². The molecule has 0 radical (unpaired) electrons. The Morgan fingerprint density at radius 1 is 0.870 bits per heavy atom. The quantitative estimate of drug-likeness (QED) is 0.217. The van der Waals surface area contributed by atoms with Crippen LogP contribution in [0.2, 0.25) is 0 Å². The highest BCUT2D eigenvalue weighted by Crippen LogP contribution is 2.45. The van der Waals surface area contributed by atoms with Gasteiger partial charge < -0.3 is 19.1 Å². The highest BCUT2D eigenvalue weighted by atomic mass is 16.5. The summed E-state index contributed by atoms with van der Waals surface area (Å²) in [6, 6.07) is 21.1. The van der Waals surface area contributed by atoms with E-state index < -0.39 is 29.7 Å². The summed E-state index contributed by atoms with van der Waals surface area (Å²) >= 11 is 0. The molecule has 4 amide bonds. The molecule has 1 unspecified atom stereocenters. The zero-order chi connectivity index (χ0) is 37.4. The van der Waals surface area contributed by atoms with Gasteiger partial charge in [0.15, 0.2) is 0 Å². The SMILES string of the molecule is Cc1nc(-c2cnc(Oc3ccc(C(C)(C)c4ccc(N5CCC56CN(c5ccc7c(c5)C(=O)N(C5CCC(=O)NC5=O)C7=O)C6)cc4)cc3)cn2)no1. The van der Waals surface area contributed by atoms with Crippen molar-refractivity contribution >= 4 is 35.0 Å². The highest BCUT2D eigenvalue weighted by molar-refractivity contribution is 6.23. The molecule has 4 aliphatic heterocycles. The minimum absolute atomic E-state index is 0.00122. The van der Waals surface area contributed by atoms with Crippen LogP contribution in [0.25, 0.3) is 11.5 Å². The molecule has 4 aliphatic rings. The van der Waals surface area contributed by atoms with E-state index in [2.05, 4.69) is 85.5 Å². The van der Waals surface area contributed by atoms with Gasteiger partial charge in [-0.3, -0.25) is 29.4 Å². The van der Waals surface area contributed by atoms with Crippen LogP contribution in [0, 0.1) is 6.92 Å². The third-order valence-electron chi connectivity index (χ3n) is 11.2. The van der Waals surface area contributed by atoms with E-state index in [1.807, 2.05) is 18.2 Å². The number of carbonyl (C=O) groups is 4. The largest absolute Gasteiger partial charge is 0.438 e. The van der Waals surface area contributed by atoms with Gasteiger partial charge in [-0.1, -0.05) is 43.3 Å². The van der Waals surface area contributed by atoms with Crippen molar-refractivity contribution in [3.8, 4) is 23.1 Å². The maximum Gasteiger partial charge on any atom is 0.262 e. The Balaban J connectivity index is 0.832. The third-order valence-corrected chi connectivity index (χ3v) is 11.2. The lowest BCUT2D eigenvalue weighted by Gasteiger charge is -2.64. The second-order valence-corrected chi connectivity index (χ2v) is 14.8. The molecule has 14 heteroatoms.